The van der Waals surface area contributed by atoms with Crippen molar-refractivity contribution >= 4 is 0 Å². The predicted octanol–water partition coefficient (Wildman–Crippen LogP) is 3.53. The van der Waals surface area contributed by atoms with Gasteiger partial charge in [0.25, 0.3) is 0 Å². The summed E-state index contributed by atoms with van der Waals surface area (Å²) >= 11 is 0. The smallest absolute Gasteiger partial charge is 0.392 e. The highest BCUT2D eigenvalue weighted by molar-refractivity contribution is 5.35. The largest absolute Gasteiger partial charge is 0.477 e. The van der Waals surface area contributed by atoms with E-state index < -0.39 is 19.2 Å². The molecule has 0 amide bonds. The lowest BCUT2D eigenvalue weighted by Crippen LogP contribution is -2.18. The fraction of sp³-hybridized carbons (Fsp3) is 0.643. The number of nitrogens with zero attached hydrogens (tertiary/aromatic N) is 1. The monoisotopic (exact) mass is 290 g/mol. The van der Waals surface area contributed by atoms with Crippen molar-refractivity contribution in [3.63, 3.8) is 0 Å². The van der Waals surface area contributed by atoms with Crippen LogP contribution >= 0.6 is 0 Å². The van der Waals surface area contributed by atoms with Crippen LogP contribution in [0.3, 0.4) is 0 Å². The molecule has 1 N–H and O–H groups in total. The molecule has 0 fully saturated rings. The van der Waals surface area contributed by atoms with Crippen molar-refractivity contribution in [2.45, 2.75) is 46.3 Å². The van der Waals surface area contributed by atoms with E-state index in [-0.39, 0.29) is 0 Å². The maximum absolute atomic E-state index is 12.2. The average molecular weight is 290 g/mol. The predicted molar refractivity (Wildman–Crippen MR) is 71.9 cm³/mol. The van der Waals surface area contributed by atoms with Gasteiger partial charge < -0.3 is 10.1 Å². The van der Waals surface area contributed by atoms with Gasteiger partial charge in [0.2, 0.25) is 5.88 Å². The molecular weight excluding hydrogens is 269 g/mol. The van der Waals surface area contributed by atoms with E-state index in [1.165, 1.54) is 0 Å². The summed E-state index contributed by atoms with van der Waals surface area (Å²) in [6, 6.07) is 1.90. The summed E-state index contributed by atoms with van der Waals surface area (Å²) in [5.74, 6) is 0.301. The molecule has 0 bridgehead atoms. The lowest BCUT2D eigenvalue weighted by atomic mass is 10.1. The molecule has 20 heavy (non-hydrogen) atoms. The molecule has 0 aliphatic rings. The molecule has 3 nitrogen and oxygen atoms in total. The molecule has 1 heterocycles. The highest BCUT2D eigenvalue weighted by atomic mass is 19.4. The maximum Gasteiger partial charge on any atom is 0.392 e. The number of aromatic nitrogens is 1. The van der Waals surface area contributed by atoms with Crippen molar-refractivity contribution in [3.05, 3.63) is 22.9 Å². The molecule has 1 aromatic rings. The Hall–Kier alpha value is -1.30. The number of nitrogens with one attached hydrogen (secondary N) is 1. The minimum atomic E-state index is -4.21. The standard InChI is InChI=1S/C14H21F3N2O/c1-4-6-18-9-12-10(2)8-11(3)19-13(12)20-7-5-14(15,16)17/h8,18H,4-7,9H2,1-3H3. The molecule has 1 rings (SSSR count). The van der Waals surface area contributed by atoms with Gasteiger partial charge in [-0.3, -0.25) is 0 Å². The highest BCUT2D eigenvalue weighted by Crippen LogP contribution is 2.23. The number of aryl methyl sites for hydroxylation is 2. The Morgan fingerprint density at radius 3 is 2.60 bits per heavy atom. The van der Waals surface area contributed by atoms with Crippen LogP contribution in [0.1, 0.15) is 36.6 Å². The Balaban J connectivity index is 2.75. The maximum atomic E-state index is 12.2. The van der Waals surface area contributed by atoms with Gasteiger partial charge in [-0.2, -0.15) is 13.2 Å². The summed E-state index contributed by atoms with van der Waals surface area (Å²) in [5.41, 5.74) is 2.54. The van der Waals surface area contributed by atoms with Crippen molar-refractivity contribution in [2.24, 2.45) is 0 Å². The Labute approximate surface area is 117 Å². The second-order valence-corrected chi connectivity index (χ2v) is 4.75. The van der Waals surface area contributed by atoms with Gasteiger partial charge in [0, 0.05) is 17.8 Å². The number of hydrogen-bond donors (Lipinski definition) is 1. The molecule has 114 valence electrons. The van der Waals surface area contributed by atoms with E-state index >= 15 is 0 Å². The first kappa shape index (κ1) is 16.8. The minimum absolute atomic E-state index is 0.301. The van der Waals surface area contributed by atoms with Crippen LogP contribution in [0, 0.1) is 13.8 Å². The third-order valence-corrected chi connectivity index (χ3v) is 2.79. The normalized spacial score (nSPS) is 11.7. The van der Waals surface area contributed by atoms with E-state index in [1.54, 1.807) is 6.92 Å². The van der Waals surface area contributed by atoms with Crippen LogP contribution in [0.4, 0.5) is 13.2 Å². The molecule has 0 atom stereocenters. The summed E-state index contributed by atoms with van der Waals surface area (Å²) in [5, 5.41) is 3.22. The number of pyridine rings is 1. The summed E-state index contributed by atoms with van der Waals surface area (Å²) in [7, 11) is 0. The second-order valence-electron chi connectivity index (χ2n) is 4.75. The van der Waals surface area contributed by atoms with Crippen LogP contribution in [-0.2, 0) is 6.54 Å². The van der Waals surface area contributed by atoms with Crippen molar-refractivity contribution in [1.82, 2.24) is 10.3 Å². The Kier molecular flexibility index (Phi) is 6.26. The zero-order valence-corrected chi connectivity index (χ0v) is 12.1. The van der Waals surface area contributed by atoms with Crippen molar-refractivity contribution in [2.75, 3.05) is 13.2 Å². The number of alkyl halides is 3. The third-order valence-electron chi connectivity index (χ3n) is 2.79. The van der Waals surface area contributed by atoms with Crippen LogP contribution < -0.4 is 10.1 Å². The molecule has 0 unspecified atom stereocenters. The Morgan fingerprint density at radius 1 is 1.30 bits per heavy atom. The fourth-order valence-electron chi connectivity index (χ4n) is 1.82. The van der Waals surface area contributed by atoms with Gasteiger partial charge in [-0.05, 0) is 38.4 Å². The molecule has 0 saturated carbocycles. The quantitative estimate of drug-likeness (QED) is 0.780. The lowest BCUT2D eigenvalue weighted by molar-refractivity contribution is -0.139. The van der Waals surface area contributed by atoms with E-state index in [9.17, 15) is 13.2 Å². The molecule has 0 aliphatic heterocycles. The molecular formula is C14H21F3N2O. The topological polar surface area (TPSA) is 34.2 Å². The van der Waals surface area contributed by atoms with Crippen LogP contribution in [0.2, 0.25) is 0 Å². The van der Waals surface area contributed by atoms with Crippen molar-refractivity contribution < 1.29 is 17.9 Å². The highest BCUT2D eigenvalue weighted by Gasteiger charge is 2.27. The zero-order chi connectivity index (χ0) is 15.2. The number of halogens is 3. The zero-order valence-electron chi connectivity index (χ0n) is 12.1. The summed E-state index contributed by atoms with van der Waals surface area (Å²) < 4.78 is 41.7. The van der Waals surface area contributed by atoms with Gasteiger partial charge in [0.15, 0.2) is 0 Å². The van der Waals surface area contributed by atoms with Crippen LogP contribution in [-0.4, -0.2) is 24.3 Å². The van der Waals surface area contributed by atoms with Gasteiger partial charge in [-0.25, -0.2) is 4.98 Å². The first-order valence-electron chi connectivity index (χ1n) is 6.71. The molecule has 0 spiro atoms. The van der Waals surface area contributed by atoms with E-state index in [2.05, 4.69) is 10.3 Å². The first-order chi connectivity index (χ1) is 9.33. The van der Waals surface area contributed by atoms with Gasteiger partial charge in [-0.15, -0.1) is 0 Å². The van der Waals surface area contributed by atoms with E-state index in [0.29, 0.717) is 12.4 Å². The molecule has 0 aliphatic carbocycles. The molecule has 0 saturated heterocycles. The number of rotatable bonds is 7. The van der Waals surface area contributed by atoms with Gasteiger partial charge in [-0.1, -0.05) is 6.92 Å². The number of hydrogen-bond acceptors (Lipinski definition) is 3. The second kappa shape index (κ2) is 7.47. The van der Waals surface area contributed by atoms with Crippen molar-refractivity contribution in [3.8, 4) is 5.88 Å². The summed E-state index contributed by atoms with van der Waals surface area (Å²) in [4.78, 5) is 4.20. The van der Waals surface area contributed by atoms with E-state index in [1.807, 2.05) is 19.9 Å². The minimum Gasteiger partial charge on any atom is -0.477 e. The molecule has 1 aromatic heterocycles. The van der Waals surface area contributed by atoms with Crippen LogP contribution in [0.15, 0.2) is 6.07 Å². The average Bonchev–Trinajstić information content (AvgIpc) is 2.30. The van der Waals surface area contributed by atoms with Crippen LogP contribution in [0.5, 0.6) is 5.88 Å². The first-order valence-corrected chi connectivity index (χ1v) is 6.71. The van der Waals surface area contributed by atoms with Crippen LogP contribution in [0.25, 0.3) is 0 Å². The molecule has 0 radical (unpaired) electrons. The van der Waals surface area contributed by atoms with Gasteiger partial charge >= 0.3 is 6.18 Å². The molecule has 0 aromatic carbocycles. The van der Waals surface area contributed by atoms with Crippen molar-refractivity contribution in [1.29, 1.82) is 0 Å². The lowest BCUT2D eigenvalue weighted by Gasteiger charge is -2.15. The van der Waals surface area contributed by atoms with Gasteiger partial charge in [0.05, 0.1) is 13.0 Å². The molecule has 6 heteroatoms. The van der Waals surface area contributed by atoms with E-state index in [4.69, 9.17) is 4.74 Å². The number of ether oxygens (including phenoxy) is 1. The van der Waals surface area contributed by atoms with E-state index in [0.717, 1.165) is 29.8 Å². The third kappa shape index (κ3) is 5.77. The van der Waals surface area contributed by atoms with Gasteiger partial charge in [0.1, 0.15) is 0 Å². The summed E-state index contributed by atoms with van der Waals surface area (Å²) in [6.07, 6.45) is -4.19. The Morgan fingerprint density at radius 2 is 2.00 bits per heavy atom. The Bertz CT molecular complexity index is 433. The summed E-state index contributed by atoms with van der Waals surface area (Å²) in [6.45, 7) is 6.75. The SMILES string of the molecule is CCCNCc1c(C)cc(C)nc1OCCC(F)(F)F. The fourth-order valence-corrected chi connectivity index (χ4v) is 1.82.